The first-order valence-electron chi connectivity index (χ1n) is 5.04. The third-order valence-corrected chi connectivity index (χ3v) is 3.02. The molecule has 88 valence electrons. The molecule has 0 radical (unpaired) electrons. The topological polar surface area (TPSA) is 34.9 Å². The summed E-state index contributed by atoms with van der Waals surface area (Å²) in [4.78, 5) is 12.0. The predicted molar refractivity (Wildman–Crippen MR) is 67.8 cm³/mol. The Hall–Kier alpha value is -1.32. The zero-order chi connectivity index (χ0) is 12.4. The number of nitrogens with zero attached hydrogens (tertiary/aromatic N) is 2. The van der Waals surface area contributed by atoms with Crippen LogP contribution >= 0.6 is 23.2 Å². The van der Waals surface area contributed by atoms with Gasteiger partial charge in [-0.15, -0.1) is 0 Å². The molecule has 2 rings (SSSR count). The van der Waals surface area contributed by atoms with Crippen LogP contribution in [-0.4, -0.2) is 15.6 Å². The molecular formula is C12H10Cl2N2O. The number of carbonyl (C=O) groups excluding carboxylic acids is 1. The van der Waals surface area contributed by atoms with E-state index in [9.17, 15) is 4.79 Å². The van der Waals surface area contributed by atoms with Crippen molar-refractivity contribution in [3.63, 3.8) is 0 Å². The van der Waals surface area contributed by atoms with Gasteiger partial charge in [0.2, 0.25) is 0 Å². The molecule has 0 aliphatic rings. The number of hydrogen-bond donors (Lipinski definition) is 0. The highest BCUT2D eigenvalue weighted by atomic mass is 35.5. The number of Topliss-reactive ketones (excluding diaryl/α,β-unsaturated/α-hetero) is 1. The van der Waals surface area contributed by atoms with Crippen molar-refractivity contribution in [2.45, 2.75) is 13.5 Å². The maximum Gasteiger partial charge on any atom is 0.185 e. The number of aromatic nitrogens is 2. The Balaban J connectivity index is 2.26. The molecular weight excluding hydrogens is 259 g/mol. The quantitative estimate of drug-likeness (QED) is 0.800. The van der Waals surface area contributed by atoms with E-state index in [-0.39, 0.29) is 12.3 Å². The van der Waals surface area contributed by atoms with Crippen molar-refractivity contribution in [1.29, 1.82) is 0 Å². The van der Waals surface area contributed by atoms with Crippen LogP contribution in [0.5, 0.6) is 0 Å². The van der Waals surface area contributed by atoms with Gasteiger partial charge in [-0.2, -0.15) is 5.10 Å². The molecule has 0 saturated carbocycles. The van der Waals surface area contributed by atoms with E-state index in [0.717, 1.165) is 5.69 Å². The summed E-state index contributed by atoms with van der Waals surface area (Å²) in [6, 6.07) is 6.69. The monoisotopic (exact) mass is 268 g/mol. The highest BCUT2D eigenvalue weighted by Gasteiger charge is 2.12. The van der Waals surface area contributed by atoms with Gasteiger partial charge in [0, 0.05) is 22.5 Å². The van der Waals surface area contributed by atoms with E-state index in [2.05, 4.69) is 5.10 Å². The van der Waals surface area contributed by atoms with Crippen LogP contribution in [-0.2, 0) is 6.54 Å². The van der Waals surface area contributed by atoms with Crippen molar-refractivity contribution in [2.75, 3.05) is 0 Å². The lowest BCUT2D eigenvalue weighted by atomic mass is 10.1. The Morgan fingerprint density at radius 1 is 1.35 bits per heavy atom. The number of ketones is 1. The number of benzene rings is 1. The van der Waals surface area contributed by atoms with Gasteiger partial charge in [-0.05, 0) is 31.2 Å². The lowest BCUT2D eigenvalue weighted by Gasteiger charge is -2.06. The van der Waals surface area contributed by atoms with Gasteiger partial charge in [-0.1, -0.05) is 23.2 Å². The van der Waals surface area contributed by atoms with Gasteiger partial charge in [0.25, 0.3) is 0 Å². The van der Waals surface area contributed by atoms with Crippen molar-refractivity contribution in [3.8, 4) is 0 Å². The SMILES string of the molecule is Cc1ccnn1CC(=O)c1cc(Cl)ccc1Cl. The highest BCUT2D eigenvalue weighted by molar-refractivity contribution is 6.35. The second kappa shape index (κ2) is 4.90. The number of rotatable bonds is 3. The van der Waals surface area contributed by atoms with E-state index in [1.165, 1.54) is 0 Å². The first kappa shape index (κ1) is 12.1. The average Bonchev–Trinajstić information content (AvgIpc) is 2.68. The van der Waals surface area contributed by atoms with Crippen LogP contribution in [0.3, 0.4) is 0 Å². The van der Waals surface area contributed by atoms with Crippen LogP contribution in [0, 0.1) is 6.92 Å². The van der Waals surface area contributed by atoms with Gasteiger partial charge in [0.15, 0.2) is 5.78 Å². The van der Waals surface area contributed by atoms with Crippen LogP contribution in [0.15, 0.2) is 30.5 Å². The predicted octanol–water partition coefficient (Wildman–Crippen LogP) is 3.38. The molecule has 0 spiro atoms. The molecule has 0 amide bonds. The number of carbonyl (C=O) groups is 1. The van der Waals surface area contributed by atoms with Gasteiger partial charge in [-0.3, -0.25) is 9.48 Å². The van der Waals surface area contributed by atoms with Crippen molar-refractivity contribution in [2.24, 2.45) is 0 Å². The lowest BCUT2D eigenvalue weighted by Crippen LogP contribution is -2.13. The molecule has 0 saturated heterocycles. The van der Waals surface area contributed by atoms with Gasteiger partial charge < -0.3 is 0 Å². The van der Waals surface area contributed by atoms with Crippen molar-refractivity contribution in [1.82, 2.24) is 9.78 Å². The molecule has 1 heterocycles. The van der Waals surface area contributed by atoms with Crippen molar-refractivity contribution in [3.05, 3.63) is 51.8 Å². The fraction of sp³-hybridized carbons (Fsp3) is 0.167. The Morgan fingerprint density at radius 3 is 2.76 bits per heavy atom. The van der Waals surface area contributed by atoms with Gasteiger partial charge >= 0.3 is 0 Å². The second-order valence-electron chi connectivity index (χ2n) is 3.68. The Kier molecular flexibility index (Phi) is 3.50. The third-order valence-electron chi connectivity index (χ3n) is 2.45. The minimum atomic E-state index is -0.107. The molecule has 0 aliphatic heterocycles. The summed E-state index contributed by atoms with van der Waals surface area (Å²) in [5, 5.41) is 4.96. The minimum absolute atomic E-state index is 0.107. The second-order valence-corrected chi connectivity index (χ2v) is 4.52. The van der Waals surface area contributed by atoms with Gasteiger partial charge in [0.05, 0.1) is 5.02 Å². The third kappa shape index (κ3) is 2.68. The standard InChI is InChI=1S/C12H10Cl2N2O/c1-8-4-5-15-16(8)7-12(17)10-6-9(13)2-3-11(10)14/h2-6H,7H2,1H3. The maximum atomic E-state index is 12.0. The van der Waals surface area contributed by atoms with Crippen molar-refractivity contribution < 1.29 is 4.79 Å². The number of hydrogen-bond acceptors (Lipinski definition) is 2. The van der Waals surface area contributed by atoms with Crippen LogP contribution in [0.1, 0.15) is 16.1 Å². The Morgan fingerprint density at radius 2 is 2.12 bits per heavy atom. The number of aryl methyl sites for hydroxylation is 1. The first-order chi connectivity index (χ1) is 8.08. The summed E-state index contributed by atoms with van der Waals surface area (Å²) in [6.07, 6.45) is 1.65. The largest absolute Gasteiger partial charge is 0.292 e. The molecule has 0 fully saturated rings. The molecule has 1 aromatic heterocycles. The fourth-order valence-corrected chi connectivity index (χ4v) is 1.89. The molecule has 0 bridgehead atoms. The van der Waals surface area contributed by atoms with Crippen LogP contribution in [0.25, 0.3) is 0 Å². The van der Waals surface area contributed by atoms with Crippen LogP contribution in [0.2, 0.25) is 10.0 Å². The highest BCUT2D eigenvalue weighted by Crippen LogP contribution is 2.21. The average molecular weight is 269 g/mol. The first-order valence-corrected chi connectivity index (χ1v) is 5.80. The smallest absolute Gasteiger partial charge is 0.185 e. The normalized spacial score (nSPS) is 10.5. The van der Waals surface area contributed by atoms with E-state index >= 15 is 0 Å². The van der Waals surface area contributed by atoms with E-state index in [1.807, 2.05) is 13.0 Å². The van der Waals surface area contributed by atoms with Gasteiger partial charge in [-0.25, -0.2) is 0 Å². The van der Waals surface area contributed by atoms with E-state index < -0.39 is 0 Å². The summed E-state index contributed by atoms with van der Waals surface area (Å²) in [5.41, 5.74) is 1.35. The van der Waals surface area contributed by atoms with Crippen molar-refractivity contribution >= 4 is 29.0 Å². The molecule has 0 aliphatic carbocycles. The summed E-state index contributed by atoms with van der Waals surface area (Å²) in [6.45, 7) is 2.05. The lowest BCUT2D eigenvalue weighted by molar-refractivity contribution is 0.0967. The van der Waals surface area contributed by atoms with E-state index in [4.69, 9.17) is 23.2 Å². The zero-order valence-electron chi connectivity index (χ0n) is 9.15. The molecule has 5 heteroatoms. The molecule has 3 nitrogen and oxygen atoms in total. The Labute approximate surface area is 109 Å². The summed E-state index contributed by atoms with van der Waals surface area (Å²) in [7, 11) is 0. The maximum absolute atomic E-state index is 12.0. The molecule has 0 atom stereocenters. The van der Waals surface area contributed by atoms with E-state index in [1.54, 1.807) is 29.1 Å². The molecule has 1 aromatic carbocycles. The summed E-state index contributed by atoms with van der Waals surface area (Å²) < 4.78 is 1.62. The molecule has 0 unspecified atom stereocenters. The molecule has 2 aromatic rings. The van der Waals surface area contributed by atoms with E-state index in [0.29, 0.717) is 15.6 Å². The summed E-state index contributed by atoms with van der Waals surface area (Å²) in [5.74, 6) is -0.107. The number of halogens is 2. The minimum Gasteiger partial charge on any atom is -0.292 e. The zero-order valence-corrected chi connectivity index (χ0v) is 10.7. The Bertz CT molecular complexity index is 563. The van der Waals surface area contributed by atoms with Crippen LogP contribution < -0.4 is 0 Å². The van der Waals surface area contributed by atoms with Crippen LogP contribution in [0.4, 0.5) is 0 Å². The fourth-order valence-electron chi connectivity index (χ4n) is 1.50. The molecule has 0 N–H and O–H groups in total. The molecule has 17 heavy (non-hydrogen) atoms. The van der Waals surface area contributed by atoms with Gasteiger partial charge in [0.1, 0.15) is 6.54 Å². The summed E-state index contributed by atoms with van der Waals surface area (Å²) >= 11 is 11.8.